The highest BCUT2D eigenvalue weighted by atomic mass is 16.5. The number of hydrogen-bond donors (Lipinski definition) is 0. The Bertz CT molecular complexity index is 227. The van der Waals surface area contributed by atoms with Crippen molar-refractivity contribution in [2.24, 2.45) is 16.3 Å². The molecular weight excluding hydrogens is 162 g/mol. The average Bonchev–Trinajstić information content (AvgIpc) is 2.47. The van der Waals surface area contributed by atoms with Crippen molar-refractivity contribution in [3.05, 3.63) is 0 Å². The van der Waals surface area contributed by atoms with Crippen molar-refractivity contribution in [2.45, 2.75) is 39.7 Å². The summed E-state index contributed by atoms with van der Waals surface area (Å²) in [6, 6.07) is 0. The zero-order valence-electron chi connectivity index (χ0n) is 8.84. The second kappa shape index (κ2) is 3.09. The van der Waals surface area contributed by atoms with Crippen LogP contribution in [-0.4, -0.2) is 25.0 Å². The topological polar surface area (TPSA) is 21.6 Å². The summed E-state index contributed by atoms with van der Waals surface area (Å²) in [4.78, 5) is 4.56. The van der Waals surface area contributed by atoms with Gasteiger partial charge in [-0.15, -0.1) is 0 Å². The van der Waals surface area contributed by atoms with Gasteiger partial charge in [0.05, 0.1) is 12.7 Å². The zero-order valence-corrected chi connectivity index (χ0v) is 8.84. The minimum absolute atomic E-state index is 0.260. The maximum absolute atomic E-state index is 5.88. The van der Waals surface area contributed by atoms with Crippen molar-refractivity contribution in [3.63, 3.8) is 0 Å². The molecule has 0 aliphatic carbocycles. The van der Waals surface area contributed by atoms with Gasteiger partial charge >= 0.3 is 0 Å². The molecule has 0 amide bonds. The van der Waals surface area contributed by atoms with Crippen LogP contribution < -0.4 is 0 Å². The van der Waals surface area contributed by atoms with Gasteiger partial charge in [-0.1, -0.05) is 20.8 Å². The van der Waals surface area contributed by atoms with Crippen LogP contribution in [-0.2, 0) is 4.74 Å². The summed E-state index contributed by atoms with van der Waals surface area (Å²) in [6.07, 6.45) is 2.65. The highest BCUT2D eigenvalue weighted by Crippen LogP contribution is 2.33. The maximum Gasteiger partial charge on any atom is 0.0675 e. The molecule has 2 nitrogen and oxygen atoms in total. The minimum atomic E-state index is 0.260. The van der Waals surface area contributed by atoms with Crippen LogP contribution in [0, 0.1) is 11.3 Å². The minimum Gasteiger partial charge on any atom is -0.377 e. The molecule has 0 saturated carbocycles. The fraction of sp³-hybridized carbons (Fsp3) is 0.909. The molecule has 0 bridgehead atoms. The van der Waals surface area contributed by atoms with Crippen LogP contribution in [0.1, 0.15) is 33.6 Å². The van der Waals surface area contributed by atoms with E-state index in [4.69, 9.17) is 4.74 Å². The normalized spacial score (nSPS) is 34.2. The molecule has 2 heteroatoms. The zero-order chi connectivity index (χ0) is 9.47. The molecule has 1 saturated heterocycles. The van der Waals surface area contributed by atoms with Crippen LogP contribution in [0.25, 0.3) is 0 Å². The molecule has 0 N–H and O–H groups in total. The molecule has 74 valence electrons. The molecule has 2 atom stereocenters. The van der Waals surface area contributed by atoms with Crippen molar-refractivity contribution in [3.8, 4) is 0 Å². The Morgan fingerprint density at radius 1 is 1.38 bits per heavy atom. The van der Waals surface area contributed by atoms with Crippen LogP contribution in [0.15, 0.2) is 4.99 Å². The lowest BCUT2D eigenvalue weighted by molar-refractivity contribution is -0.0336. The van der Waals surface area contributed by atoms with E-state index in [0.717, 1.165) is 19.6 Å². The SMILES string of the molecule is CC(C)(C)C1CC2=NCCC2CO1. The Balaban J connectivity index is 2.05. The van der Waals surface area contributed by atoms with Gasteiger partial charge in [-0.2, -0.15) is 0 Å². The molecule has 0 aromatic heterocycles. The standard InChI is InChI=1S/C11H19NO/c1-11(2,3)10-6-9-8(7-13-10)4-5-12-9/h8,10H,4-7H2,1-3H3. The first-order valence-corrected chi connectivity index (χ1v) is 5.22. The Morgan fingerprint density at radius 2 is 2.15 bits per heavy atom. The summed E-state index contributed by atoms with van der Waals surface area (Å²) in [5.41, 5.74) is 1.68. The first-order chi connectivity index (χ1) is 6.07. The van der Waals surface area contributed by atoms with Gasteiger partial charge in [-0.25, -0.2) is 0 Å². The molecule has 0 radical (unpaired) electrons. The number of ether oxygens (including phenoxy) is 1. The van der Waals surface area contributed by atoms with Crippen molar-refractivity contribution in [2.75, 3.05) is 13.2 Å². The molecule has 0 spiro atoms. The highest BCUT2D eigenvalue weighted by molar-refractivity contribution is 5.89. The van der Waals surface area contributed by atoms with E-state index in [-0.39, 0.29) is 5.41 Å². The van der Waals surface area contributed by atoms with Crippen molar-refractivity contribution in [1.29, 1.82) is 0 Å². The number of nitrogens with zero attached hydrogens (tertiary/aromatic N) is 1. The van der Waals surface area contributed by atoms with Crippen molar-refractivity contribution in [1.82, 2.24) is 0 Å². The summed E-state index contributed by atoms with van der Waals surface area (Å²) in [6.45, 7) is 8.66. The third-order valence-corrected chi connectivity index (χ3v) is 3.12. The summed E-state index contributed by atoms with van der Waals surface area (Å²) in [5, 5.41) is 0. The molecule has 2 aliphatic heterocycles. The van der Waals surface area contributed by atoms with Gasteiger partial charge in [0.2, 0.25) is 0 Å². The maximum atomic E-state index is 5.88. The van der Waals surface area contributed by atoms with E-state index in [1.807, 2.05) is 0 Å². The second-order valence-corrected chi connectivity index (χ2v) is 5.25. The lowest BCUT2D eigenvalue weighted by Gasteiger charge is -2.36. The van der Waals surface area contributed by atoms with Crippen molar-refractivity contribution >= 4 is 5.71 Å². The molecular formula is C11H19NO. The van der Waals surface area contributed by atoms with Crippen LogP contribution in [0.4, 0.5) is 0 Å². The van der Waals surface area contributed by atoms with E-state index >= 15 is 0 Å². The van der Waals surface area contributed by atoms with Gasteiger partial charge in [-0.05, 0) is 11.8 Å². The van der Waals surface area contributed by atoms with E-state index in [2.05, 4.69) is 25.8 Å². The fourth-order valence-corrected chi connectivity index (χ4v) is 2.11. The largest absolute Gasteiger partial charge is 0.377 e. The Kier molecular flexibility index (Phi) is 2.18. The van der Waals surface area contributed by atoms with E-state index in [9.17, 15) is 0 Å². The monoisotopic (exact) mass is 181 g/mol. The van der Waals surface area contributed by atoms with Gasteiger partial charge in [0.25, 0.3) is 0 Å². The first kappa shape index (κ1) is 9.20. The number of aliphatic imine (C=N–C) groups is 1. The second-order valence-electron chi connectivity index (χ2n) is 5.25. The van der Waals surface area contributed by atoms with Crippen LogP contribution in [0.5, 0.6) is 0 Å². The predicted molar refractivity (Wildman–Crippen MR) is 54.2 cm³/mol. The summed E-state index contributed by atoms with van der Waals surface area (Å²) < 4.78 is 5.88. The fourth-order valence-electron chi connectivity index (χ4n) is 2.11. The van der Waals surface area contributed by atoms with E-state index in [0.29, 0.717) is 12.0 Å². The van der Waals surface area contributed by atoms with Crippen LogP contribution in [0.2, 0.25) is 0 Å². The van der Waals surface area contributed by atoms with Gasteiger partial charge in [0.15, 0.2) is 0 Å². The first-order valence-electron chi connectivity index (χ1n) is 5.22. The Hall–Kier alpha value is -0.370. The smallest absolute Gasteiger partial charge is 0.0675 e. The van der Waals surface area contributed by atoms with E-state index in [1.54, 1.807) is 0 Å². The highest BCUT2D eigenvalue weighted by Gasteiger charge is 2.35. The molecule has 13 heavy (non-hydrogen) atoms. The Morgan fingerprint density at radius 3 is 2.85 bits per heavy atom. The summed E-state index contributed by atoms with van der Waals surface area (Å²) >= 11 is 0. The Labute approximate surface area is 80.4 Å². The number of fused-ring (bicyclic) bond motifs is 1. The van der Waals surface area contributed by atoms with Crippen LogP contribution >= 0.6 is 0 Å². The predicted octanol–water partition coefficient (Wildman–Crippen LogP) is 2.28. The van der Waals surface area contributed by atoms with E-state index in [1.165, 1.54) is 12.1 Å². The van der Waals surface area contributed by atoms with Gasteiger partial charge < -0.3 is 4.74 Å². The molecule has 0 aromatic carbocycles. The van der Waals surface area contributed by atoms with Gasteiger partial charge in [0.1, 0.15) is 0 Å². The molecule has 1 fully saturated rings. The lowest BCUT2D eigenvalue weighted by Crippen LogP contribution is -2.39. The molecule has 0 aromatic rings. The third kappa shape index (κ3) is 1.78. The molecule has 2 aliphatic rings. The summed E-state index contributed by atoms with van der Waals surface area (Å²) in [5.74, 6) is 0.651. The number of hydrogen-bond acceptors (Lipinski definition) is 2. The van der Waals surface area contributed by atoms with Crippen LogP contribution in [0.3, 0.4) is 0 Å². The van der Waals surface area contributed by atoms with Gasteiger partial charge in [-0.3, -0.25) is 4.99 Å². The molecule has 2 heterocycles. The van der Waals surface area contributed by atoms with E-state index < -0.39 is 0 Å². The summed E-state index contributed by atoms with van der Waals surface area (Å²) in [7, 11) is 0. The lowest BCUT2D eigenvalue weighted by atomic mass is 9.82. The van der Waals surface area contributed by atoms with Gasteiger partial charge in [0, 0.05) is 24.6 Å². The molecule has 2 unspecified atom stereocenters. The average molecular weight is 181 g/mol. The number of rotatable bonds is 0. The third-order valence-electron chi connectivity index (χ3n) is 3.12. The quantitative estimate of drug-likeness (QED) is 0.562. The van der Waals surface area contributed by atoms with Crippen molar-refractivity contribution < 1.29 is 4.74 Å². The molecule has 2 rings (SSSR count).